The van der Waals surface area contributed by atoms with E-state index in [-0.39, 0.29) is 11.7 Å². The number of nitrogens with zero attached hydrogens (tertiary/aromatic N) is 4. The van der Waals surface area contributed by atoms with Crippen molar-refractivity contribution >= 4 is 23.4 Å². The average Bonchev–Trinajstić information content (AvgIpc) is 3.21. The van der Waals surface area contributed by atoms with E-state index < -0.39 is 0 Å². The fourth-order valence-corrected chi connectivity index (χ4v) is 4.29. The van der Waals surface area contributed by atoms with Gasteiger partial charge < -0.3 is 5.32 Å². The zero-order chi connectivity index (χ0) is 22.5. The van der Waals surface area contributed by atoms with Gasteiger partial charge in [-0.25, -0.2) is 0 Å². The van der Waals surface area contributed by atoms with Crippen LogP contribution in [0.4, 0.5) is 5.69 Å². The van der Waals surface area contributed by atoms with Crippen molar-refractivity contribution in [3.63, 3.8) is 0 Å². The second kappa shape index (κ2) is 9.78. The van der Waals surface area contributed by atoms with E-state index in [1.807, 2.05) is 42.7 Å². The van der Waals surface area contributed by atoms with E-state index in [2.05, 4.69) is 57.8 Å². The van der Waals surface area contributed by atoms with Crippen LogP contribution in [0, 0.1) is 13.8 Å². The van der Waals surface area contributed by atoms with Gasteiger partial charge in [0.25, 0.3) is 0 Å². The van der Waals surface area contributed by atoms with Crippen molar-refractivity contribution in [2.75, 3.05) is 11.1 Å². The highest BCUT2D eigenvalue weighted by atomic mass is 32.2. The Morgan fingerprint density at radius 2 is 1.66 bits per heavy atom. The zero-order valence-electron chi connectivity index (χ0n) is 18.4. The molecule has 0 unspecified atom stereocenters. The van der Waals surface area contributed by atoms with Crippen molar-refractivity contribution in [1.29, 1.82) is 0 Å². The van der Waals surface area contributed by atoms with Crippen molar-refractivity contribution in [3.8, 4) is 17.1 Å². The van der Waals surface area contributed by atoms with E-state index >= 15 is 0 Å². The lowest BCUT2D eigenvalue weighted by Crippen LogP contribution is -2.14. The van der Waals surface area contributed by atoms with E-state index in [4.69, 9.17) is 0 Å². The summed E-state index contributed by atoms with van der Waals surface area (Å²) in [6, 6.07) is 18.2. The quantitative estimate of drug-likeness (QED) is 0.396. The van der Waals surface area contributed by atoms with Crippen LogP contribution in [0.5, 0.6) is 0 Å². The maximum Gasteiger partial charge on any atom is 0.234 e. The first-order chi connectivity index (χ1) is 15.5. The molecule has 1 amide bonds. The second-order valence-corrected chi connectivity index (χ2v) is 8.55. The minimum absolute atomic E-state index is 0.0821. The Hall–Kier alpha value is -3.45. The molecule has 0 fully saturated rings. The monoisotopic (exact) mass is 443 g/mol. The number of aromatic nitrogens is 4. The molecular formula is C25H25N5OS. The van der Waals surface area contributed by atoms with Crippen molar-refractivity contribution in [3.05, 3.63) is 83.7 Å². The third-order valence-electron chi connectivity index (χ3n) is 5.01. The zero-order valence-corrected chi connectivity index (χ0v) is 19.2. The molecule has 4 rings (SSSR count). The number of aryl methyl sites for hydroxylation is 3. The molecule has 4 aromatic rings. The third kappa shape index (κ3) is 5.06. The van der Waals surface area contributed by atoms with Gasteiger partial charge in [0.15, 0.2) is 11.0 Å². The predicted molar refractivity (Wildman–Crippen MR) is 129 cm³/mol. The third-order valence-corrected chi connectivity index (χ3v) is 5.94. The molecule has 0 atom stereocenters. The molecule has 0 bridgehead atoms. The SMILES string of the molecule is CCc1ccc(-n2c(SCC(=O)Nc3cc(C)cc(C)c3)nnc2-c2ccncc2)cc1. The highest BCUT2D eigenvalue weighted by Crippen LogP contribution is 2.28. The van der Waals surface area contributed by atoms with Gasteiger partial charge in [0.05, 0.1) is 5.75 Å². The molecule has 2 aromatic heterocycles. The smallest absolute Gasteiger partial charge is 0.234 e. The molecule has 0 saturated heterocycles. The summed E-state index contributed by atoms with van der Waals surface area (Å²) >= 11 is 1.36. The second-order valence-electron chi connectivity index (χ2n) is 7.61. The lowest BCUT2D eigenvalue weighted by molar-refractivity contribution is -0.113. The summed E-state index contributed by atoms with van der Waals surface area (Å²) in [5.41, 5.74) is 6.17. The Kier molecular flexibility index (Phi) is 6.66. The average molecular weight is 444 g/mol. The van der Waals surface area contributed by atoms with Gasteiger partial charge in [0, 0.05) is 29.3 Å². The number of hydrogen-bond acceptors (Lipinski definition) is 5. The number of carbonyl (C=O) groups excluding carboxylic acids is 1. The number of pyridine rings is 1. The summed E-state index contributed by atoms with van der Waals surface area (Å²) in [4.78, 5) is 16.7. The van der Waals surface area contributed by atoms with Crippen molar-refractivity contribution < 1.29 is 4.79 Å². The predicted octanol–water partition coefficient (Wildman–Crippen LogP) is 5.24. The summed E-state index contributed by atoms with van der Waals surface area (Å²) < 4.78 is 1.99. The first kappa shape index (κ1) is 21.8. The molecule has 0 aliphatic carbocycles. The van der Waals surface area contributed by atoms with E-state index in [1.165, 1.54) is 17.3 Å². The molecule has 0 aliphatic rings. The molecule has 1 N–H and O–H groups in total. The molecule has 0 spiro atoms. The van der Waals surface area contributed by atoms with Gasteiger partial charge in [0.1, 0.15) is 0 Å². The molecule has 0 saturated carbocycles. The lowest BCUT2D eigenvalue weighted by atomic mass is 10.1. The summed E-state index contributed by atoms with van der Waals surface area (Å²) in [6.07, 6.45) is 4.44. The van der Waals surface area contributed by atoms with Crippen molar-refractivity contribution in [2.24, 2.45) is 0 Å². The van der Waals surface area contributed by atoms with Crippen LogP contribution in [-0.4, -0.2) is 31.4 Å². The van der Waals surface area contributed by atoms with E-state index in [1.54, 1.807) is 12.4 Å². The Morgan fingerprint density at radius 1 is 0.969 bits per heavy atom. The number of hydrogen-bond donors (Lipinski definition) is 1. The summed E-state index contributed by atoms with van der Waals surface area (Å²) in [6.45, 7) is 6.17. The minimum Gasteiger partial charge on any atom is -0.325 e. The van der Waals surface area contributed by atoms with Crippen LogP contribution >= 0.6 is 11.8 Å². The molecule has 2 aromatic carbocycles. The van der Waals surface area contributed by atoms with Crippen LogP contribution in [-0.2, 0) is 11.2 Å². The maximum atomic E-state index is 12.6. The number of anilines is 1. The number of rotatable bonds is 7. The van der Waals surface area contributed by atoms with Gasteiger partial charge >= 0.3 is 0 Å². The molecule has 0 aliphatic heterocycles. The molecule has 0 radical (unpaired) electrons. The minimum atomic E-state index is -0.0821. The highest BCUT2D eigenvalue weighted by Gasteiger charge is 2.17. The molecule has 32 heavy (non-hydrogen) atoms. The van der Waals surface area contributed by atoms with Crippen molar-refractivity contribution in [1.82, 2.24) is 19.7 Å². The van der Waals surface area contributed by atoms with Gasteiger partial charge in [-0.15, -0.1) is 10.2 Å². The number of amides is 1. The van der Waals surface area contributed by atoms with E-state index in [0.29, 0.717) is 11.0 Å². The Bertz CT molecular complexity index is 1200. The molecule has 7 heteroatoms. The fraction of sp³-hybridized carbons (Fsp3) is 0.200. The van der Waals surface area contributed by atoms with Crippen molar-refractivity contribution in [2.45, 2.75) is 32.3 Å². The fourth-order valence-electron chi connectivity index (χ4n) is 3.54. The summed E-state index contributed by atoms with van der Waals surface area (Å²) in [5, 5.41) is 12.5. The van der Waals surface area contributed by atoms with Gasteiger partial charge in [-0.3, -0.25) is 14.3 Å². The number of nitrogens with one attached hydrogen (secondary N) is 1. The first-order valence-corrected chi connectivity index (χ1v) is 11.5. The normalized spacial score (nSPS) is 10.8. The van der Waals surface area contributed by atoms with Gasteiger partial charge in [-0.2, -0.15) is 0 Å². The van der Waals surface area contributed by atoms with Gasteiger partial charge in [-0.1, -0.05) is 36.9 Å². The van der Waals surface area contributed by atoms with Crippen LogP contribution in [0.15, 0.2) is 72.1 Å². The summed E-state index contributed by atoms with van der Waals surface area (Å²) in [7, 11) is 0. The lowest BCUT2D eigenvalue weighted by Gasteiger charge is -2.11. The summed E-state index contributed by atoms with van der Waals surface area (Å²) in [5.74, 6) is 0.865. The van der Waals surface area contributed by atoms with Gasteiger partial charge in [0.2, 0.25) is 5.91 Å². The van der Waals surface area contributed by atoms with E-state index in [9.17, 15) is 4.79 Å². The van der Waals surface area contributed by atoms with Crippen LogP contribution in [0.1, 0.15) is 23.6 Å². The van der Waals surface area contributed by atoms with Crippen LogP contribution < -0.4 is 5.32 Å². The highest BCUT2D eigenvalue weighted by molar-refractivity contribution is 7.99. The standard InChI is InChI=1S/C25H25N5OS/c1-4-19-5-7-22(8-6-19)30-24(20-9-11-26-12-10-20)28-29-25(30)32-16-23(31)27-21-14-17(2)13-18(3)15-21/h5-15H,4,16H2,1-3H3,(H,27,31). The van der Waals surface area contributed by atoms with Crippen LogP contribution in [0.2, 0.25) is 0 Å². The van der Waals surface area contributed by atoms with E-state index in [0.717, 1.165) is 34.5 Å². The molecular weight excluding hydrogens is 418 g/mol. The topological polar surface area (TPSA) is 72.7 Å². The molecule has 2 heterocycles. The Labute approximate surface area is 192 Å². The largest absolute Gasteiger partial charge is 0.325 e. The first-order valence-electron chi connectivity index (χ1n) is 10.5. The van der Waals surface area contributed by atoms with Crippen LogP contribution in [0.3, 0.4) is 0 Å². The number of thioether (sulfide) groups is 1. The van der Waals surface area contributed by atoms with Crippen LogP contribution in [0.25, 0.3) is 17.1 Å². The Morgan fingerprint density at radius 3 is 2.31 bits per heavy atom. The number of carbonyl (C=O) groups is 1. The Balaban J connectivity index is 1.59. The van der Waals surface area contributed by atoms with Gasteiger partial charge in [-0.05, 0) is 73.4 Å². The molecule has 6 nitrogen and oxygen atoms in total. The maximum absolute atomic E-state index is 12.6. The number of benzene rings is 2. The molecule has 162 valence electrons.